The van der Waals surface area contributed by atoms with Gasteiger partial charge in [-0.15, -0.1) is 0 Å². The number of para-hydroxylation sites is 1. The molecule has 4 heterocycles. The van der Waals surface area contributed by atoms with E-state index >= 15 is 0 Å². The van der Waals surface area contributed by atoms with Gasteiger partial charge < -0.3 is 5.73 Å². The van der Waals surface area contributed by atoms with Gasteiger partial charge in [0.1, 0.15) is 11.4 Å². The highest BCUT2D eigenvalue weighted by Gasteiger charge is 2.32. The molecular weight excluding hydrogens is 445 g/mol. The Kier molecular flexibility index (Phi) is 6.49. The van der Waals surface area contributed by atoms with Crippen LogP contribution in [0.5, 0.6) is 0 Å². The van der Waals surface area contributed by atoms with Gasteiger partial charge in [0.15, 0.2) is 0 Å². The number of aryl methyl sites for hydroxylation is 3. The molecule has 0 bridgehead atoms. The van der Waals surface area contributed by atoms with Crippen molar-refractivity contribution in [3.05, 3.63) is 83.6 Å². The number of aromatic nitrogens is 5. The molecule has 1 amide bonds. The van der Waals surface area contributed by atoms with E-state index in [1.807, 2.05) is 48.0 Å². The van der Waals surface area contributed by atoms with Crippen LogP contribution in [0.15, 0.2) is 60.8 Å². The molecule has 34 heavy (non-hydrogen) atoms. The van der Waals surface area contributed by atoms with Crippen LogP contribution in [0.1, 0.15) is 40.4 Å². The summed E-state index contributed by atoms with van der Waals surface area (Å²) in [4.78, 5) is 14.5. The number of halogens is 3. The first-order valence-corrected chi connectivity index (χ1v) is 10.7. The van der Waals surface area contributed by atoms with Crippen molar-refractivity contribution < 1.29 is 18.0 Å². The Bertz CT molecular complexity index is 1270. The molecule has 0 fully saturated rings. The van der Waals surface area contributed by atoms with Crippen molar-refractivity contribution in [3.8, 4) is 16.9 Å². The molecule has 7 nitrogen and oxygen atoms in total. The van der Waals surface area contributed by atoms with Crippen LogP contribution in [0.3, 0.4) is 0 Å². The standard InChI is InChI=1S/C13H12F3N3.C11H11N3O/c14-13(15,16)12-7-9(4-5-17-12)11-8-10-3-1-2-6-19(10)18-11;1-8-7-10(11(12)15)14(13-8)9-5-3-2-4-6-9/h4-5,7-8H,1-3,6H2;2-7H,1H3,(H2,12,15). The van der Waals surface area contributed by atoms with Crippen LogP contribution < -0.4 is 5.73 Å². The van der Waals surface area contributed by atoms with Crippen LogP contribution in [0.4, 0.5) is 13.2 Å². The number of pyridine rings is 1. The minimum absolute atomic E-state index is 0.402. The second-order valence-corrected chi connectivity index (χ2v) is 7.91. The van der Waals surface area contributed by atoms with E-state index in [0.29, 0.717) is 17.0 Å². The molecule has 1 aliphatic rings. The zero-order valence-electron chi connectivity index (χ0n) is 18.5. The number of hydrogen-bond donors (Lipinski definition) is 1. The Morgan fingerprint density at radius 3 is 2.47 bits per heavy atom. The number of hydrogen-bond acceptors (Lipinski definition) is 4. The molecule has 0 saturated heterocycles. The molecule has 2 N–H and O–H groups in total. The Hall–Kier alpha value is -3.95. The van der Waals surface area contributed by atoms with Crippen LogP contribution in [-0.2, 0) is 19.1 Å². The van der Waals surface area contributed by atoms with E-state index in [4.69, 9.17) is 5.73 Å². The third kappa shape index (κ3) is 5.16. The molecule has 0 atom stereocenters. The SMILES string of the molecule is Cc1cc(C(N)=O)n(-c2ccccc2)n1.FC(F)(F)c1cc(-c2cc3n(n2)CCCC3)ccn1. The van der Waals surface area contributed by atoms with Gasteiger partial charge in [0.25, 0.3) is 5.91 Å². The molecule has 1 aliphatic heterocycles. The Morgan fingerprint density at radius 1 is 1.03 bits per heavy atom. The number of carbonyl (C=O) groups is 1. The van der Waals surface area contributed by atoms with E-state index in [1.165, 1.54) is 6.20 Å². The van der Waals surface area contributed by atoms with Gasteiger partial charge in [-0.2, -0.15) is 23.4 Å². The van der Waals surface area contributed by atoms with Crippen molar-refractivity contribution >= 4 is 5.91 Å². The lowest BCUT2D eigenvalue weighted by atomic mass is 10.1. The predicted octanol–water partition coefficient (Wildman–Crippen LogP) is 4.58. The quantitative estimate of drug-likeness (QED) is 0.477. The van der Waals surface area contributed by atoms with Crippen LogP contribution in [-0.4, -0.2) is 30.5 Å². The van der Waals surface area contributed by atoms with E-state index in [2.05, 4.69) is 15.2 Å². The number of carbonyl (C=O) groups excluding carboxylic acids is 1. The molecule has 5 rings (SSSR count). The number of fused-ring (bicyclic) bond motifs is 1. The summed E-state index contributed by atoms with van der Waals surface area (Å²) in [5.41, 5.74) is 8.53. The average molecular weight is 468 g/mol. The predicted molar refractivity (Wildman–Crippen MR) is 120 cm³/mol. The summed E-state index contributed by atoms with van der Waals surface area (Å²) in [7, 11) is 0. The van der Waals surface area contributed by atoms with E-state index in [1.54, 1.807) is 16.8 Å². The molecule has 4 aromatic rings. The monoisotopic (exact) mass is 468 g/mol. The fraction of sp³-hybridized carbons (Fsp3) is 0.250. The summed E-state index contributed by atoms with van der Waals surface area (Å²) < 4.78 is 41.3. The molecule has 0 radical (unpaired) electrons. The minimum atomic E-state index is -4.42. The molecule has 0 unspecified atom stereocenters. The first-order valence-electron chi connectivity index (χ1n) is 10.7. The molecule has 1 aromatic carbocycles. The first kappa shape index (κ1) is 23.2. The number of rotatable bonds is 3. The van der Waals surface area contributed by atoms with Gasteiger partial charge in [0.2, 0.25) is 0 Å². The third-order valence-corrected chi connectivity index (χ3v) is 5.35. The van der Waals surface area contributed by atoms with Gasteiger partial charge >= 0.3 is 6.18 Å². The van der Waals surface area contributed by atoms with Crippen molar-refractivity contribution in [2.45, 2.75) is 38.9 Å². The van der Waals surface area contributed by atoms with Crippen molar-refractivity contribution in [1.29, 1.82) is 0 Å². The van der Waals surface area contributed by atoms with Crippen LogP contribution in [0.2, 0.25) is 0 Å². The van der Waals surface area contributed by atoms with Crippen LogP contribution in [0, 0.1) is 6.92 Å². The van der Waals surface area contributed by atoms with Gasteiger partial charge in [-0.05, 0) is 62.6 Å². The molecule has 0 spiro atoms. The largest absolute Gasteiger partial charge is 0.433 e. The summed E-state index contributed by atoms with van der Waals surface area (Å²) in [6.07, 6.45) is -0.135. The van der Waals surface area contributed by atoms with E-state index in [-0.39, 0.29) is 0 Å². The zero-order chi connectivity index (χ0) is 24.3. The van der Waals surface area contributed by atoms with Gasteiger partial charge in [0.05, 0.1) is 17.1 Å². The van der Waals surface area contributed by atoms with Gasteiger partial charge in [-0.25, -0.2) is 4.68 Å². The number of primary amides is 1. The molecule has 0 saturated carbocycles. The second kappa shape index (κ2) is 9.50. The topological polar surface area (TPSA) is 91.6 Å². The Balaban J connectivity index is 0.000000166. The fourth-order valence-corrected chi connectivity index (χ4v) is 3.74. The van der Waals surface area contributed by atoms with Crippen LogP contribution >= 0.6 is 0 Å². The number of alkyl halides is 3. The van der Waals surface area contributed by atoms with Gasteiger partial charge in [0, 0.05) is 24.0 Å². The third-order valence-electron chi connectivity index (χ3n) is 5.35. The maximum Gasteiger partial charge on any atom is 0.433 e. The summed E-state index contributed by atoms with van der Waals surface area (Å²) in [6.45, 7) is 2.67. The fourth-order valence-electron chi connectivity index (χ4n) is 3.74. The summed E-state index contributed by atoms with van der Waals surface area (Å²) >= 11 is 0. The Labute approximate surface area is 194 Å². The smallest absolute Gasteiger partial charge is 0.364 e. The van der Waals surface area contributed by atoms with Crippen molar-refractivity contribution in [1.82, 2.24) is 24.5 Å². The van der Waals surface area contributed by atoms with E-state index in [9.17, 15) is 18.0 Å². The van der Waals surface area contributed by atoms with Crippen molar-refractivity contribution in [2.75, 3.05) is 0 Å². The summed E-state index contributed by atoms with van der Waals surface area (Å²) in [5, 5.41) is 8.58. The number of benzene rings is 1. The summed E-state index contributed by atoms with van der Waals surface area (Å²) in [5.74, 6) is -0.473. The molecular formula is C24H23F3N6O. The normalized spacial score (nSPS) is 13.1. The van der Waals surface area contributed by atoms with E-state index < -0.39 is 17.8 Å². The van der Waals surface area contributed by atoms with E-state index in [0.717, 1.165) is 48.9 Å². The summed E-state index contributed by atoms with van der Waals surface area (Å²) in [6, 6.07) is 15.6. The maximum atomic E-state index is 12.6. The van der Waals surface area contributed by atoms with Crippen molar-refractivity contribution in [3.63, 3.8) is 0 Å². The minimum Gasteiger partial charge on any atom is -0.364 e. The number of nitrogens with zero attached hydrogens (tertiary/aromatic N) is 5. The number of amides is 1. The molecule has 176 valence electrons. The van der Waals surface area contributed by atoms with Crippen LogP contribution in [0.25, 0.3) is 16.9 Å². The second-order valence-electron chi connectivity index (χ2n) is 7.91. The average Bonchev–Trinajstić information content (AvgIpc) is 3.43. The lowest BCUT2D eigenvalue weighted by molar-refractivity contribution is -0.141. The number of nitrogens with two attached hydrogens (primary N) is 1. The highest BCUT2D eigenvalue weighted by atomic mass is 19.4. The molecule has 10 heteroatoms. The van der Waals surface area contributed by atoms with Crippen molar-refractivity contribution in [2.24, 2.45) is 5.73 Å². The molecule has 0 aliphatic carbocycles. The highest BCUT2D eigenvalue weighted by molar-refractivity contribution is 5.91. The Morgan fingerprint density at radius 2 is 1.79 bits per heavy atom. The first-order chi connectivity index (χ1) is 16.2. The highest BCUT2D eigenvalue weighted by Crippen LogP contribution is 2.30. The molecule has 3 aromatic heterocycles. The van der Waals surface area contributed by atoms with Gasteiger partial charge in [-0.3, -0.25) is 14.5 Å². The van der Waals surface area contributed by atoms with Gasteiger partial charge in [-0.1, -0.05) is 18.2 Å². The maximum absolute atomic E-state index is 12.6. The lowest BCUT2D eigenvalue weighted by Crippen LogP contribution is -2.16. The lowest BCUT2D eigenvalue weighted by Gasteiger charge is -2.11. The zero-order valence-corrected chi connectivity index (χ0v) is 18.5.